The van der Waals surface area contributed by atoms with Gasteiger partial charge in [-0.2, -0.15) is 0 Å². The Bertz CT molecular complexity index is 249. The number of hydrogen-bond donors (Lipinski definition) is 1. The maximum absolute atomic E-state index is 11.5. The minimum atomic E-state index is -0.344. The zero-order chi connectivity index (χ0) is 14.3. The van der Waals surface area contributed by atoms with Crippen LogP contribution in [0, 0.1) is 0 Å². The van der Waals surface area contributed by atoms with Crippen molar-refractivity contribution in [2.24, 2.45) is 0 Å². The molecule has 0 bridgehead atoms. The van der Waals surface area contributed by atoms with E-state index in [-0.39, 0.29) is 19.2 Å². The van der Waals surface area contributed by atoms with E-state index in [1.165, 1.54) is 38.4 Å². The van der Waals surface area contributed by atoms with Gasteiger partial charge in [-0.1, -0.05) is 45.4 Å². The number of carbonyl (C=O) groups is 1. The first-order valence-corrected chi connectivity index (χ1v) is 7.28. The summed E-state index contributed by atoms with van der Waals surface area (Å²) in [4.78, 5) is 11.5. The van der Waals surface area contributed by atoms with Crippen molar-refractivity contribution >= 4 is 5.97 Å². The summed E-state index contributed by atoms with van der Waals surface area (Å²) >= 11 is 0. The van der Waals surface area contributed by atoms with E-state index in [0.717, 1.165) is 12.8 Å². The first kappa shape index (κ1) is 18.0. The lowest BCUT2D eigenvalue weighted by atomic mass is 10.1. The van der Waals surface area contributed by atoms with Crippen molar-refractivity contribution in [3.63, 3.8) is 0 Å². The van der Waals surface area contributed by atoms with Gasteiger partial charge in [0.25, 0.3) is 0 Å². The Labute approximate surface area is 116 Å². The molecule has 0 atom stereocenters. The maximum atomic E-state index is 11.5. The first-order chi connectivity index (χ1) is 9.22. The molecule has 19 heavy (non-hydrogen) atoms. The molecular formula is C15H28O4. The van der Waals surface area contributed by atoms with Crippen LogP contribution in [0.15, 0.2) is 11.8 Å². The number of aliphatic hydroxyl groups excluding tert-OH is 1. The SMILES string of the molecule is CCCCCCCCCOC(=O)C(C)=COCCO. The second-order valence-electron chi connectivity index (χ2n) is 4.65. The van der Waals surface area contributed by atoms with Crippen molar-refractivity contribution in [1.29, 1.82) is 0 Å². The molecule has 0 radical (unpaired) electrons. The van der Waals surface area contributed by atoms with Crippen LogP contribution in [-0.2, 0) is 14.3 Å². The molecule has 0 aliphatic rings. The Morgan fingerprint density at radius 1 is 1.05 bits per heavy atom. The second kappa shape index (κ2) is 13.4. The highest BCUT2D eigenvalue weighted by atomic mass is 16.5. The Hall–Kier alpha value is -1.03. The zero-order valence-corrected chi connectivity index (χ0v) is 12.3. The van der Waals surface area contributed by atoms with E-state index in [0.29, 0.717) is 12.2 Å². The highest BCUT2D eigenvalue weighted by molar-refractivity contribution is 5.87. The fourth-order valence-electron chi connectivity index (χ4n) is 1.62. The van der Waals surface area contributed by atoms with Gasteiger partial charge in [0.2, 0.25) is 0 Å². The van der Waals surface area contributed by atoms with Crippen molar-refractivity contribution in [3.8, 4) is 0 Å². The van der Waals surface area contributed by atoms with Gasteiger partial charge in [-0.15, -0.1) is 0 Å². The fourth-order valence-corrected chi connectivity index (χ4v) is 1.62. The van der Waals surface area contributed by atoms with Crippen LogP contribution in [0.25, 0.3) is 0 Å². The van der Waals surface area contributed by atoms with Crippen LogP contribution in [0.3, 0.4) is 0 Å². The van der Waals surface area contributed by atoms with Crippen molar-refractivity contribution in [3.05, 3.63) is 11.8 Å². The minimum absolute atomic E-state index is 0.0587. The molecule has 112 valence electrons. The molecule has 0 spiro atoms. The molecule has 4 nitrogen and oxygen atoms in total. The number of unbranched alkanes of at least 4 members (excludes halogenated alkanes) is 6. The molecule has 0 aromatic rings. The topological polar surface area (TPSA) is 55.8 Å². The standard InChI is InChI=1S/C15H28O4/c1-3-4-5-6-7-8-9-11-19-15(17)14(2)13-18-12-10-16/h13,16H,3-12H2,1-2H3. The molecule has 0 aliphatic heterocycles. The summed E-state index contributed by atoms with van der Waals surface area (Å²) in [5.41, 5.74) is 0.427. The minimum Gasteiger partial charge on any atom is -0.498 e. The smallest absolute Gasteiger partial charge is 0.336 e. The number of ether oxygens (including phenoxy) is 2. The average molecular weight is 272 g/mol. The highest BCUT2D eigenvalue weighted by Crippen LogP contribution is 2.07. The van der Waals surface area contributed by atoms with E-state index in [1.54, 1.807) is 6.92 Å². The molecule has 1 N–H and O–H groups in total. The molecule has 4 heteroatoms. The summed E-state index contributed by atoms with van der Waals surface area (Å²) in [6, 6.07) is 0. The number of carbonyl (C=O) groups excluding carboxylic acids is 1. The van der Waals surface area contributed by atoms with Crippen LogP contribution in [0.4, 0.5) is 0 Å². The molecule has 0 fully saturated rings. The quantitative estimate of drug-likeness (QED) is 0.256. The average Bonchev–Trinajstić information content (AvgIpc) is 2.41. The molecule has 0 unspecified atom stereocenters. The molecule has 0 saturated heterocycles. The van der Waals surface area contributed by atoms with Crippen molar-refractivity contribution in [1.82, 2.24) is 0 Å². The van der Waals surface area contributed by atoms with Gasteiger partial charge in [-0.3, -0.25) is 0 Å². The second-order valence-corrected chi connectivity index (χ2v) is 4.65. The summed E-state index contributed by atoms with van der Waals surface area (Å²) in [6.07, 6.45) is 9.74. The van der Waals surface area contributed by atoms with Crippen molar-refractivity contribution < 1.29 is 19.4 Å². The lowest BCUT2D eigenvalue weighted by molar-refractivity contribution is -0.139. The largest absolute Gasteiger partial charge is 0.498 e. The van der Waals surface area contributed by atoms with Gasteiger partial charge in [-0.25, -0.2) is 4.79 Å². The third kappa shape index (κ3) is 11.8. The molecule has 0 saturated carbocycles. The van der Waals surface area contributed by atoms with E-state index >= 15 is 0 Å². The Balaban J connectivity index is 3.44. The summed E-state index contributed by atoms with van der Waals surface area (Å²) < 4.78 is 10.0. The third-order valence-corrected chi connectivity index (χ3v) is 2.77. The van der Waals surface area contributed by atoms with E-state index in [1.807, 2.05) is 0 Å². The van der Waals surface area contributed by atoms with E-state index in [2.05, 4.69) is 6.92 Å². The molecular weight excluding hydrogens is 244 g/mol. The van der Waals surface area contributed by atoms with E-state index in [4.69, 9.17) is 14.6 Å². The molecule has 0 heterocycles. The number of esters is 1. The van der Waals surface area contributed by atoms with Gasteiger partial charge >= 0.3 is 5.97 Å². The van der Waals surface area contributed by atoms with Gasteiger partial charge in [-0.05, 0) is 13.3 Å². The van der Waals surface area contributed by atoms with Crippen LogP contribution in [0.2, 0.25) is 0 Å². The Morgan fingerprint density at radius 3 is 2.32 bits per heavy atom. The van der Waals surface area contributed by atoms with Crippen LogP contribution in [0.5, 0.6) is 0 Å². The van der Waals surface area contributed by atoms with Crippen LogP contribution in [-0.4, -0.2) is 30.9 Å². The number of rotatable bonds is 12. The van der Waals surface area contributed by atoms with Crippen LogP contribution in [0.1, 0.15) is 58.8 Å². The molecule has 0 aromatic heterocycles. The summed E-state index contributed by atoms with van der Waals surface area (Å²) in [5.74, 6) is -0.344. The molecule has 0 aromatic carbocycles. The van der Waals surface area contributed by atoms with Crippen molar-refractivity contribution in [2.75, 3.05) is 19.8 Å². The van der Waals surface area contributed by atoms with Crippen LogP contribution < -0.4 is 0 Å². The number of hydrogen-bond acceptors (Lipinski definition) is 4. The Morgan fingerprint density at radius 2 is 1.68 bits per heavy atom. The van der Waals surface area contributed by atoms with Crippen LogP contribution >= 0.6 is 0 Å². The van der Waals surface area contributed by atoms with Crippen molar-refractivity contribution in [2.45, 2.75) is 58.8 Å². The zero-order valence-electron chi connectivity index (χ0n) is 12.3. The summed E-state index contributed by atoms with van der Waals surface area (Å²) in [5, 5.41) is 8.53. The van der Waals surface area contributed by atoms with Gasteiger partial charge in [0.15, 0.2) is 0 Å². The monoisotopic (exact) mass is 272 g/mol. The highest BCUT2D eigenvalue weighted by Gasteiger charge is 2.05. The Kier molecular flexibility index (Phi) is 12.7. The summed E-state index contributed by atoms with van der Waals surface area (Å²) in [6.45, 7) is 4.46. The number of aliphatic hydroxyl groups is 1. The lowest BCUT2D eigenvalue weighted by Crippen LogP contribution is -2.08. The predicted molar refractivity (Wildman–Crippen MR) is 75.7 cm³/mol. The van der Waals surface area contributed by atoms with Gasteiger partial charge in [0.1, 0.15) is 6.61 Å². The first-order valence-electron chi connectivity index (χ1n) is 7.28. The van der Waals surface area contributed by atoms with E-state index in [9.17, 15) is 4.79 Å². The maximum Gasteiger partial charge on any atom is 0.336 e. The van der Waals surface area contributed by atoms with Gasteiger partial charge in [0.05, 0.1) is 25.0 Å². The molecule has 0 amide bonds. The van der Waals surface area contributed by atoms with Gasteiger partial charge in [0, 0.05) is 0 Å². The predicted octanol–water partition coefficient (Wildman–Crippen LogP) is 3.19. The van der Waals surface area contributed by atoms with E-state index < -0.39 is 0 Å². The third-order valence-electron chi connectivity index (χ3n) is 2.77. The lowest BCUT2D eigenvalue weighted by Gasteiger charge is -2.05. The molecule has 0 rings (SSSR count). The fraction of sp³-hybridized carbons (Fsp3) is 0.800. The normalized spacial score (nSPS) is 11.4. The summed E-state index contributed by atoms with van der Waals surface area (Å²) in [7, 11) is 0. The van der Waals surface area contributed by atoms with Gasteiger partial charge < -0.3 is 14.6 Å². The molecule has 0 aliphatic carbocycles.